The highest BCUT2D eigenvalue weighted by Crippen LogP contribution is 2.38. The highest BCUT2D eigenvalue weighted by molar-refractivity contribution is 5.48. The van der Waals surface area contributed by atoms with Gasteiger partial charge in [0.1, 0.15) is 17.5 Å². The van der Waals surface area contributed by atoms with Crippen molar-refractivity contribution < 1.29 is 5.11 Å². The maximum Gasteiger partial charge on any atom is 0.136 e. The first kappa shape index (κ1) is 13.8. The molecule has 1 aliphatic carbocycles. The summed E-state index contributed by atoms with van der Waals surface area (Å²) in [5.74, 6) is 2.95. The van der Waals surface area contributed by atoms with Gasteiger partial charge >= 0.3 is 0 Å². The van der Waals surface area contributed by atoms with Crippen LogP contribution in [0.2, 0.25) is 0 Å². The second kappa shape index (κ2) is 6.10. The van der Waals surface area contributed by atoms with Crippen LogP contribution in [0.3, 0.4) is 0 Å². The van der Waals surface area contributed by atoms with Gasteiger partial charge in [-0.1, -0.05) is 30.3 Å². The molecule has 0 bridgehead atoms. The third kappa shape index (κ3) is 3.49. The minimum atomic E-state index is -0.552. The Morgan fingerprint density at radius 3 is 2.57 bits per heavy atom. The van der Waals surface area contributed by atoms with Gasteiger partial charge in [-0.3, -0.25) is 0 Å². The van der Waals surface area contributed by atoms with Crippen molar-refractivity contribution in [3.63, 3.8) is 0 Å². The average Bonchev–Trinajstić information content (AvgIpc) is 3.38. The molecule has 1 unspecified atom stereocenters. The lowest BCUT2D eigenvalue weighted by atomic mass is 10.1. The standard InChI is InChI=1S/C16H20N4O/c1-17-14-9-15(20-16(19-14)12-7-8-12)18-10-13(21)11-5-3-2-4-6-11/h2-6,9,12-13,21H,7-8,10H2,1H3,(H2,17,18,19,20). The predicted molar refractivity (Wildman–Crippen MR) is 83.4 cm³/mol. The molecule has 2 aromatic rings. The van der Waals surface area contributed by atoms with E-state index in [0.717, 1.165) is 23.0 Å². The van der Waals surface area contributed by atoms with Crippen LogP contribution in [0.15, 0.2) is 36.4 Å². The monoisotopic (exact) mass is 284 g/mol. The van der Waals surface area contributed by atoms with E-state index in [1.165, 1.54) is 12.8 Å². The molecule has 5 heteroatoms. The van der Waals surface area contributed by atoms with E-state index in [9.17, 15) is 5.11 Å². The predicted octanol–water partition coefficient (Wildman–Crippen LogP) is 2.54. The van der Waals surface area contributed by atoms with E-state index in [4.69, 9.17) is 0 Å². The maximum absolute atomic E-state index is 10.2. The van der Waals surface area contributed by atoms with Crippen molar-refractivity contribution in [2.24, 2.45) is 0 Å². The Hall–Kier alpha value is -2.14. The largest absolute Gasteiger partial charge is 0.387 e. The highest BCUT2D eigenvalue weighted by atomic mass is 16.3. The molecular weight excluding hydrogens is 264 g/mol. The summed E-state index contributed by atoms with van der Waals surface area (Å²) in [6.07, 6.45) is 1.78. The first-order chi connectivity index (χ1) is 10.3. The van der Waals surface area contributed by atoms with Crippen molar-refractivity contribution >= 4 is 11.6 Å². The fraction of sp³-hybridized carbons (Fsp3) is 0.375. The number of rotatable bonds is 6. The topological polar surface area (TPSA) is 70.1 Å². The van der Waals surface area contributed by atoms with Crippen LogP contribution in [0.1, 0.15) is 36.3 Å². The van der Waals surface area contributed by atoms with Crippen molar-refractivity contribution in [2.45, 2.75) is 24.9 Å². The van der Waals surface area contributed by atoms with Gasteiger partial charge in [-0.15, -0.1) is 0 Å². The van der Waals surface area contributed by atoms with Gasteiger partial charge in [0.05, 0.1) is 6.10 Å². The quantitative estimate of drug-likeness (QED) is 0.760. The van der Waals surface area contributed by atoms with E-state index in [2.05, 4.69) is 20.6 Å². The van der Waals surface area contributed by atoms with Crippen molar-refractivity contribution in [1.29, 1.82) is 0 Å². The minimum Gasteiger partial charge on any atom is -0.387 e. The van der Waals surface area contributed by atoms with Gasteiger partial charge in [0.2, 0.25) is 0 Å². The van der Waals surface area contributed by atoms with Crippen LogP contribution in [-0.2, 0) is 0 Å². The van der Waals surface area contributed by atoms with Crippen LogP contribution in [0.4, 0.5) is 11.6 Å². The van der Waals surface area contributed by atoms with Crippen LogP contribution in [0.25, 0.3) is 0 Å². The zero-order valence-corrected chi connectivity index (χ0v) is 12.1. The zero-order valence-electron chi connectivity index (χ0n) is 12.1. The Bertz CT molecular complexity index is 598. The first-order valence-corrected chi connectivity index (χ1v) is 7.30. The Balaban J connectivity index is 1.68. The summed E-state index contributed by atoms with van der Waals surface area (Å²) in [7, 11) is 1.85. The SMILES string of the molecule is CNc1cc(NCC(O)c2ccccc2)nc(C2CC2)n1. The van der Waals surface area contributed by atoms with Gasteiger partial charge < -0.3 is 15.7 Å². The molecule has 21 heavy (non-hydrogen) atoms. The van der Waals surface area contributed by atoms with Gasteiger partial charge in [0, 0.05) is 25.6 Å². The number of hydrogen-bond acceptors (Lipinski definition) is 5. The van der Waals surface area contributed by atoms with Crippen molar-refractivity contribution in [3.05, 3.63) is 47.8 Å². The van der Waals surface area contributed by atoms with E-state index in [1.807, 2.05) is 43.4 Å². The van der Waals surface area contributed by atoms with E-state index in [0.29, 0.717) is 12.5 Å². The summed E-state index contributed by atoms with van der Waals surface area (Å²) < 4.78 is 0. The van der Waals surface area contributed by atoms with Crippen LogP contribution in [0, 0.1) is 0 Å². The summed E-state index contributed by atoms with van der Waals surface area (Å²) in [5.41, 5.74) is 0.898. The number of hydrogen-bond donors (Lipinski definition) is 3. The van der Waals surface area contributed by atoms with E-state index < -0.39 is 6.10 Å². The molecule has 110 valence electrons. The molecule has 1 atom stereocenters. The van der Waals surface area contributed by atoms with E-state index >= 15 is 0 Å². The Kier molecular flexibility index (Phi) is 4.01. The third-order valence-electron chi connectivity index (χ3n) is 3.60. The summed E-state index contributed by atoms with van der Waals surface area (Å²) in [5, 5.41) is 16.4. The van der Waals surface area contributed by atoms with Gasteiger partial charge in [0.25, 0.3) is 0 Å². The molecule has 0 amide bonds. The number of anilines is 2. The second-order valence-electron chi connectivity index (χ2n) is 5.33. The number of nitrogens with one attached hydrogen (secondary N) is 2. The molecular formula is C16H20N4O. The van der Waals surface area contributed by atoms with Gasteiger partial charge in [-0.25, -0.2) is 9.97 Å². The van der Waals surface area contributed by atoms with Gasteiger partial charge in [-0.05, 0) is 18.4 Å². The fourth-order valence-electron chi connectivity index (χ4n) is 2.20. The van der Waals surface area contributed by atoms with E-state index in [1.54, 1.807) is 0 Å². The number of aromatic nitrogens is 2. The lowest BCUT2D eigenvalue weighted by molar-refractivity contribution is 0.191. The smallest absolute Gasteiger partial charge is 0.136 e. The highest BCUT2D eigenvalue weighted by Gasteiger charge is 2.27. The molecule has 3 rings (SSSR count). The number of aliphatic hydroxyl groups excluding tert-OH is 1. The minimum absolute atomic E-state index is 0.425. The molecule has 0 radical (unpaired) electrons. The normalized spacial score (nSPS) is 15.5. The van der Waals surface area contributed by atoms with Crippen molar-refractivity contribution in [2.75, 3.05) is 24.2 Å². The molecule has 0 aliphatic heterocycles. The second-order valence-corrected chi connectivity index (χ2v) is 5.33. The van der Waals surface area contributed by atoms with Crippen LogP contribution in [0.5, 0.6) is 0 Å². The molecule has 1 aromatic carbocycles. The van der Waals surface area contributed by atoms with E-state index in [-0.39, 0.29) is 0 Å². The molecule has 0 saturated heterocycles. The maximum atomic E-state index is 10.2. The molecule has 1 aliphatic rings. The number of benzene rings is 1. The Labute approximate surface area is 124 Å². The van der Waals surface area contributed by atoms with Crippen molar-refractivity contribution in [3.8, 4) is 0 Å². The Morgan fingerprint density at radius 2 is 1.90 bits per heavy atom. The van der Waals surface area contributed by atoms with Crippen LogP contribution < -0.4 is 10.6 Å². The Morgan fingerprint density at radius 1 is 1.19 bits per heavy atom. The summed E-state index contributed by atoms with van der Waals surface area (Å²) in [6.45, 7) is 0.425. The molecule has 1 fully saturated rings. The van der Waals surface area contributed by atoms with Crippen LogP contribution in [-0.4, -0.2) is 28.7 Å². The van der Waals surface area contributed by atoms with Crippen molar-refractivity contribution in [1.82, 2.24) is 9.97 Å². The molecule has 5 nitrogen and oxygen atoms in total. The third-order valence-corrected chi connectivity index (χ3v) is 3.60. The molecule has 1 heterocycles. The average molecular weight is 284 g/mol. The lowest BCUT2D eigenvalue weighted by Crippen LogP contribution is -2.14. The summed E-state index contributed by atoms with van der Waals surface area (Å²) in [4.78, 5) is 9.01. The fourth-order valence-corrected chi connectivity index (χ4v) is 2.20. The molecule has 3 N–H and O–H groups in total. The molecule has 1 aromatic heterocycles. The molecule has 1 saturated carbocycles. The van der Waals surface area contributed by atoms with Gasteiger partial charge in [0.15, 0.2) is 0 Å². The molecule has 0 spiro atoms. The summed E-state index contributed by atoms with van der Waals surface area (Å²) >= 11 is 0. The van der Waals surface area contributed by atoms with Crippen LogP contribution >= 0.6 is 0 Å². The lowest BCUT2D eigenvalue weighted by Gasteiger charge is -2.14. The summed E-state index contributed by atoms with van der Waals surface area (Å²) in [6, 6.07) is 11.5. The number of aliphatic hydroxyl groups is 1. The first-order valence-electron chi connectivity index (χ1n) is 7.30. The van der Waals surface area contributed by atoms with Gasteiger partial charge in [-0.2, -0.15) is 0 Å². The number of nitrogens with zero attached hydrogens (tertiary/aromatic N) is 2. The zero-order chi connectivity index (χ0) is 14.7.